The van der Waals surface area contributed by atoms with Crippen LogP contribution in [0.1, 0.15) is 49.7 Å². The van der Waals surface area contributed by atoms with Crippen molar-refractivity contribution < 1.29 is 19.8 Å². The number of Topliss-reactive ketones (excluding diaryl/α,β-unsaturated/α-hetero) is 2. The predicted molar refractivity (Wildman–Crippen MR) is 193 cm³/mol. The van der Waals surface area contributed by atoms with Crippen LogP contribution in [0.15, 0.2) is 142 Å². The number of nitrogens with zero attached hydrogens (tertiary/aromatic N) is 2. The van der Waals surface area contributed by atoms with Gasteiger partial charge >= 0.3 is 0 Å². The van der Waals surface area contributed by atoms with Crippen LogP contribution in [-0.2, 0) is 22.4 Å². The summed E-state index contributed by atoms with van der Waals surface area (Å²) in [6.45, 7) is 0. The first-order chi connectivity index (χ1) is 23.4. The Morgan fingerprint density at radius 1 is 0.500 bits per heavy atom. The van der Waals surface area contributed by atoms with E-state index in [1.807, 2.05) is 109 Å². The molecule has 5 aromatic rings. The SMILES string of the molecule is O=C1CCCC(=Nc2ccc(N=C3CCCC(=O)/C3=C(/O)Cc3cccc4ccccc34)cc2)/C1=C(\O)Cc1cccc2ccccc12. The largest absolute Gasteiger partial charge is 0.511 e. The van der Waals surface area contributed by atoms with Crippen molar-refractivity contribution in [3.63, 3.8) is 0 Å². The monoisotopic (exact) mass is 632 g/mol. The molecule has 5 aromatic carbocycles. The van der Waals surface area contributed by atoms with Crippen molar-refractivity contribution >= 4 is 55.9 Å². The molecule has 48 heavy (non-hydrogen) atoms. The van der Waals surface area contributed by atoms with Crippen LogP contribution >= 0.6 is 0 Å². The third kappa shape index (κ3) is 6.47. The van der Waals surface area contributed by atoms with E-state index in [-0.39, 0.29) is 35.9 Å². The van der Waals surface area contributed by atoms with Crippen LogP contribution in [0.4, 0.5) is 11.4 Å². The first-order valence-corrected chi connectivity index (χ1v) is 16.5. The van der Waals surface area contributed by atoms with Gasteiger partial charge in [-0.25, -0.2) is 0 Å². The molecule has 0 spiro atoms. The topological polar surface area (TPSA) is 99.3 Å². The van der Waals surface area contributed by atoms with Gasteiger partial charge in [-0.2, -0.15) is 0 Å². The van der Waals surface area contributed by atoms with E-state index in [9.17, 15) is 19.8 Å². The summed E-state index contributed by atoms with van der Waals surface area (Å²) in [6.07, 6.45) is 3.81. The molecular formula is C42H36N2O4. The second-order valence-electron chi connectivity index (χ2n) is 12.5. The summed E-state index contributed by atoms with van der Waals surface area (Å²) in [5.74, 6) is -0.0967. The fourth-order valence-corrected chi connectivity index (χ4v) is 6.88. The van der Waals surface area contributed by atoms with Crippen molar-refractivity contribution in [1.82, 2.24) is 0 Å². The lowest BCUT2D eigenvalue weighted by molar-refractivity contribution is -0.116. The minimum absolute atomic E-state index is 0.0439. The fourth-order valence-electron chi connectivity index (χ4n) is 6.88. The molecule has 0 bridgehead atoms. The average molecular weight is 633 g/mol. The van der Waals surface area contributed by atoms with Gasteiger partial charge in [0.05, 0.1) is 33.9 Å². The molecule has 6 heteroatoms. The molecule has 2 saturated carbocycles. The molecule has 7 rings (SSSR count). The van der Waals surface area contributed by atoms with Crippen LogP contribution in [0.2, 0.25) is 0 Å². The Morgan fingerprint density at radius 2 is 0.896 bits per heavy atom. The van der Waals surface area contributed by atoms with E-state index >= 15 is 0 Å². The lowest BCUT2D eigenvalue weighted by atomic mass is 9.88. The molecule has 2 fully saturated rings. The maximum absolute atomic E-state index is 13.1. The van der Waals surface area contributed by atoms with E-state index in [1.165, 1.54) is 0 Å². The number of hydrogen-bond donors (Lipinski definition) is 2. The highest BCUT2D eigenvalue weighted by molar-refractivity contribution is 6.25. The standard InChI is InChI=1S/C42H36N2O4/c45-37-19-7-17-35(41(37)39(47)25-29-13-5-11-27-9-1-3-15-33(27)29)43-31-21-23-32(24-22-31)44-36-18-8-20-38(46)42(36)40(48)26-30-14-6-12-28-10-2-4-16-34(28)30/h1-6,9-16,21-24,47-48H,7-8,17-20,25-26H2/b41-39+,42-40+,43-35?,44-36?. The number of aliphatic hydroxyl groups is 2. The van der Waals surface area contributed by atoms with E-state index in [4.69, 9.17) is 9.98 Å². The molecule has 6 nitrogen and oxygen atoms in total. The summed E-state index contributed by atoms with van der Waals surface area (Å²) < 4.78 is 0. The summed E-state index contributed by atoms with van der Waals surface area (Å²) in [4.78, 5) is 35.8. The number of rotatable bonds is 6. The summed E-state index contributed by atoms with van der Waals surface area (Å²) >= 11 is 0. The highest BCUT2D eigenvalue weighted by atomic mass is 16.3. The molecule has 238 valence electrons. The van der Waals surface area contributed by atoms with E-state index in [0.717, 1.165) is 32.7 Å². The zero-order valence-electron chi connectivity index (χ0n) is 26.7. The fraction of sp³-hybridized carbons (Fsp3) is 0.190. The molecule has 2 N–H and O–H groups in total. The first-order valence-electron chi connectivity index (χ1n) is 16.5. The molecule has 2 aliphatic carbocycles. The number of carbonyl (C=O) groups excluding carboxylic acids is 2. The van der Waals surface area contributed by atoms with Crippen LogP contribution < -0.4 is 0 Å². The summed E-state index contributed by atoms with van der Waals surface area (Å²) in [5.41, 5.74) is 5.01. The molecule has 0 heterocycles. The molecular weight excluding hydrogens is 596 g/mol. The number of allylic oxidation sites excluding steroid dienone is 4. The Labute approximate surface area is 279 Å². The molecule has 0 radical (unpaired) electrons. The van der Waals surface area contributed by atoms with Gasteiger partial charge in [0.25, 0.3) is 0 Å². The van der Waals surface area contributed by atoms with Crippen LogP contribution in [0.3, 0.4) is 0 Å². The Kier molecular flexibility index (Phi) is 8.80. The smallest absolute Gasteiger partial charge is 0.168 e. The summed E-state index contributed by atoms with van der Waals surface area (Å²) in [5, 5.41) is 26.8. The lowest BCUT2D eigenvalue weighted by Gasteiger charge is -2.19. The van der Waals surface area contributed by atoms with Gasteiger partial charge in [0.1, 0.15) is 11.5 Å². The maximum Gasteiger partial charge on any atom is 0.168 e. The van der Waals surface area contributed by atoms with E-state index < -0.39 is 0 Å². The average Bonchev–Trinajstić information content (AvgIpc) is 3.09. The Bertz CT molecular complexity index is 2020. The number of carbonyl (C=O) groups is 2. The Morgan fingerprint density at radius 3 is 1.33 bits per heavy atom. The highest BCUT2D eigenvalue weighted by Crippen LogP contribution is 2.30. The van der Waals surface area contributed by atoms with Gasteiger partial charge in [-0.3, -0.25) is 19.6 Å². The van der Waals surface area contributed by atoms with Gasteiger partial charge in [-0.1, -0.05) is 84.9 Å². The number of ketones is 2. The van der Waals surface area contributed by atoms with Crippen LogP contribution in [0.25, 0.3) is 21.5 Å². The minimum Gasteiger partial charge on any atom is -0.511 e. The lowest BCUT2D eigenvalue weighted by Crippen LogP contribution is -2.22. The normalized spacial score (nSPS) is 19.3. The van der Waals surface area contributed by atoms with Gasteiger partial charge in [-0.15, -0.1) is 0 Å². The molecule has 0 aliphatic heterocycles. The van der Waals surface area contributed by atoms with Crippen LogP contribution in [0, 0.1) is 0 Å². The van der Waals surface area contributed by atoms with E-state index in [1.54, 1.807) is 0 Å². The van der Waals surface area contributed by atoms with Crippen LogP contribution in [-0.4, -0.2) is 33.2 Å². The van der Waals surface area contributed by atoms with Gasteiger partial charge in [-0.05, 0) is 82.6 Å². The van der Waals surface area contributed by atoms with E-state index in [0.29, 0.717) is 72.5 Å². The van der Waals surface area contributed by atoms with Crippen molar-refractivity contribution in [3.8, 4) is 0 Å². The first kappa shape index (κ1) is 31.0. The number of hydrogen-bond acceptors (Lipinski definition) is 6. The number of aliphatic imine (C=N–C) groups is 2. The molecule has 0 amide bonds. The maximum atomic E-state index is 13.1. The number of benzene rings is 5. The van der Waals surface area contributed by atoms with E-state index in [2.05, 4.69) is 0 Å². The van der Waals surface area contributed by atoms with Crippen molar-refractivity contribution in [2.75, 3.05) is 0 Å². The quantitative estimate of drug-likeness (QED) is 0.144. The summed E-state index contributed by atoms with van der Waals surface area (Å²) in [7, 11) is 0. The second kappa shape index (κ2) is 13.6. The van der Waals surface area contributed by atoms with Gasteiger partial charge in [0.2, 0.25) is 0 Å². The summed E-state index contributed by atoms with van der Waals surface area (Å²) in [6, 6.07) is 35.3. The van der Waals surface area contributed by atoms with Crippen molar-refractivity contribution in [2.24, 2.45) is 9.98 Å². The van der Waals surface area contributed by atoms with Gasteiger partial charge in [0.15, 0.2) is 11.6 Å². The zero-order valence-corrected chi connectivity index (χ0v) is 26.7. The minimum atomic E-state index is -0.0923. The number of fused-ring (bicyclic) bond motifs is 2. The zero-order chi connectivity index (χ0) is 33.0. The van der Waals surface area contributed by atoms with Crippen molar-refractivity contribution in [1.29, 1.82) is 0 Å². The highest BCUT2D eigenvalue weighted by Gasteiger charge is 2.27. The third-order valence-electron chi connectivity index (χ3n) is 9.20. The van der Waals surface area contributed by atoms with Gasteiger partial charge in [0, 0.05) is 25.7 Å². The van der Waals surface area contributed by atoms with Crippen molar-refractivity contribution in [3.05, 3.63) is 143 Å². The molecule has 2 aliphatic rings. The molecule has 0 aromatic heterocycles. The molecule has 0 atom stereocenters. The van der Waals surface area contributed by atoms with Crippen molar-refractivity contribution in [2.45, 2.75) is 51.4 Å². The number of aliphatic hydroxyl groups excluding tert-OH is 2. The van der Waals surface area contributed by atoms with Gasteiger partial charge < -0.3 is 10.2 Å². The predicted octanol–water partition coefficient (Wildman–Crippen LogP) is 9.75. The molecule has 0 unspecified atom stereocenters. The Balaban J connectivity index is 1.16. The Hall–Kier alpha value is -5.62. The second-order valence-corrected chi connectivity index (χ2v) is 12.5. The third-order valence-corrected chi connectivity index (χ3v) is 9.20. The van der Waals surface area contributed by atoms with Crippen LogP contribution in [0.5, 0.6) is 0 Å². The molecule has 0 saturated heterocycles.